The van der Waals surface area contributed by atoms with Crippen LogP contribution in [0, 0.1) is 10.1 Å². The number of nitrogens with zero attached hydrogens (tertiary/aromatic N) is 2. The standard InChI is InChI=1S/C13H13N3O4/c1-20-13-5-3-9(6-12(13)16(18)19)14-7-10-2-4-11(17)8-15-10/h2-6,8,14,17H,7H2,1H3. The first-order chi connectivity index (χ1) is 9.60. The van der Waals surface area contributed by atoms with E-state index >= 15 is 0 Å². The van der Waals surface area contributed by atoms with Crippen LogP contribution in [0.1, 0.15) is 5.69 Å². The first kappa shape index (κ1) is 13.6. The van der Waals surface area contributed by atoms with E-state index in [0.29, 0.717) is 17.9 Å². The van der Waals surface area contributed by atoms with E-state index < -0.39 is 4.92 Å². The average molecular weight is 275 g/mol. The smallest absolute Gasteiger partial charge is 0.312 e. The van der Waals surface area contributed by atoms with E-state index in [4.69, 9.17) is 9.84 Å². The van der Waals surface area contributed by atoms with Gasteiger partial charge >= 0.3 is 5.69 Å². The summed E-state index contributed by atoms with van der Waals surface area (Å²) in [5, 5.41) is 23.1. The molecule has 0 aliphatic heterocycles. The molecule has 1 aromatic carbocycles. The molecule has 7 heteroatoms. The maximum atomic E-state index is 10.9. The highest BCUT2D eigenvalue weighted by atomic mass is 16.6. The Labute approximate surface area is 115 Å². The summed E-state index contributed by atoms with van der Waals surface area (Å²) in [7, 11) is 1.38. The van der Waals surface area contributed by atoms with Gasteiger partial charge in [0.25, 0.3) is 0 Å². The zero-order chi connectivity index (χ0) is 14.5. The third-order valence-electron chi connectivity index (χ3n) is 2.66. The normalized spacial score (nSPS) is 10.1. The molecular weight excluding hydrogens is 262 g/mol. The molecule has 0 bridgehead atoms. The molecule has 2 rings (SSSR count). The molecule has 0 amide bonds. The van der Waals surface area contributed by atoms with Crippen molar-refractivity contribution in [2.75, 3.05) is 12.4 Å². The van der Waals surface area contributed by atoms with Crippen LogP contribution >= 0.6 is 0 Å². The molecule has 0 atom stereocenters. The van der Waals surface area contributed by atoms with Crippen LogP contribution < -0.4 is 10.1 Å². The van der Waals surface area contributed by atoms with Crippen molar-refractivity contribution in [1.82, 2.24) is 4.98 Å². The summed E-state index contributed by atoms with van der Waals surface area (Å²) in [5.74, 6) is 0.303. The van der Waals surface area contributed by atoms with E-state index in [1.807, 2.05) is 0 Å². The van der Waals surface area contributed by atoms with Crippen LogP contribution in [0.3, 0.4) is 0 Å². The summed E-state index contributed by atoms with van der Waals surface area (Å²) >= 11 is 0. The van der Waals surface area contributed by atoms with Crippen molar-refractivity contribution < 1.29 is 14.8 Å². The van der Waals surface area contributed by atoms with Gasteiger partial charge in [0.05, 0.1) is 30.5 Å². The van der Waals surface area contributed by atoms with Gasteiger partial charge in [-0.25, -0.2) is 0 Å². The molecule has 2 N–H and O–H groups in total. The van der Waals surface area contributed by atoms with E-state index in [1.54, 1.807) is 12.1 Å². The first-order valence-electron chi connectivity index (χ1n) is 5.80. The van der Waals surface area contributed by atoms with E-state index in [0.717, 1.165) is 0 Å². The highest BCUT2D eigenvalue weighted by molar-refractivity contribution is 5.58. The maximum Gasteiger partial charge on any atom is 0.312 e. The monoisotopic (exact) mass is 275 g/mol. The van der Waals surface area contributed by atoms with Gasteiger partial charge in [-0.15, -0.1) is 0 Å². The summed E-state index contributed by atoms with van der Waals surface area (Å²) in [6.07, 6.45) is 1.34. The highest BCUT2D eigenvalue weighted by Gasteiger charge is 2.14. The summed E-state index contributed by atoms with van der Waals surface area (Å²) in [5.41, 5.74) is 1.20. The molecule has 0 unspecified atom stereocenters. The van der Waals surface area contributed by atoms with Gasteiger partial charge in [0.1, 0.15) is 5.75 Å². The number of pyridine rings is 1. The fourth-order valence-electron chi connectivity index (χ4n) is 1.66. The number of aromatic hydroxyl groups is 1. The Bertz CT molecular complexity index is 614. The van der Waals surface area contributed by atoms with Crippen LogP contribution in [0.25, 0.3) is 0 Å². The van der Waals surface area contributed by atoms with Gasteiger partial charge in [0, 0.05) is 11.8 Å². The van der Waals surface area contributed by atoms with E-state index in [2.05, 4.69) is 10.3 Å². The first-order valence-corrected chi connectivity index (χ1v) is 5.80. The molecule has 0 aliphatic rings. The van der Waals surface area contributed by atoms with Crippen LogP contribution in [0.4, 0.5) is 11.4 Å². The Morgan fingerprint density at radius 2 is 2.20 bits per heavy atom. The molecule has 0 fully saturated rings. The quantitative estimate of drug-likeness (QED) is 0.642. The highest BCUT2D eigenvalue weighted by Crippen LogP contribution is 2.29. The molecule has 0 radical (unpaired) electrons. The second kappa shape index (κ2) is 5.87. The number of benzene rings is 1. The van der Waals surface area contributed by atoms with Gasteiger partial charge in [-0.2, -0.15) is 0 Å². The van der Waals surface area contributed by atoms with Crippen LogP contribution in [0.2, 0.25) is 0 Å². The molecule has 0 aliphatic carbocycles. The van der Waals surface area contributed by atoms with Crippen molar-refractivity contribution in [2.24, 2.45) is 0 Å². The molecule has 20 heavy (non-hydrogen) atoms. The average Bonchev–Trinajstić information content (AvgIpc) is 2.46. The molecule has 0 saturated heterocycles. The minimum Gasteiger partial charge on any atom is -0.506 e. The number of hydrogen-bond donors (Lipinski definition) is 2. The van der Waals surface area contributed by atoms with Crippen LogP contribution in [-0.4, -0.2) is 22.1 Å². The number of nitrogens with one attached hydrogen (secondary N) is 1. The molecule has 2 aromatic rings. The third kappa shape index (κ3) is 3.14. The van der Waals surface area contributed by atoms with Gasteiger partial charge in [0.15, 0.2) is 5.75 Å². The molecule has 104 valence electrons. The molecule has 0 spiro atoms. The van der Waals surface area contributed by atoms with Crippen molar-refractivity contribution >= 4 is 11.4 Å². The number of rotatable bonds is 5. The lowest BCUT2D eigenvalue weighted by atomic mass is 10.2. The number of hydrogen-bond acceptors (Lipinski definition) is 6. The second-order valence-electron chi connectivity index (χ2n) is 4.01. The number of aromatic nitrogens is 1. The van der Waals surface area contributed by atoms with E-state index in [-0.39, 0.29) is 17.2 Å². The van der Waals surface area contributed by atoms with E-state index in [9.17, 15) is 10.1 Å². The fraction of sp³-hybridized carbons (Fsp3) is 0.154. The Kier molecular flexibility index (Phi) is 3.99. The predicted molar refractivity (Wildman–Crippen MR) is 72.9 cm³/mol. The Morgan fingerprint density at radius 3 is 2.80 bits per heavy atom. The van der Waals surface area contributed by atoms with Crippen LogP contribution in [0.15, 0.2) is 36.5 Å². The van der Waals surface area contributed by atoms with Gasteiger partial charge in [-0.05, 0) is 24.3 Å². The summed E-state index contributed by atoms with van der Waals surface area (Å²) < 4.78 is 4.93. The number of ether oxygens (including phenoxy) is 1. The van der Waals surface area contributed by atoms with Crippen molar-refractivity contribution in [3.05, 3.63) is 52.3 Å². The summed E-state index contributed by atoms with van der Waals surface area (Å²) in [6, 6.07) is 7.82. The second-order valence-corrected chi connectivity index (χ2v) is 4.01. The number of methoxy groups -OCH3 is 1. The lowest BCUT2D eigenvalue weighted by molar-refractivity contribution is -0.385. The Hall–Kier alpha value is -2.83. The number of nitro groups is 1. The molecule has 0 saturated carbocycles. The van der Waals surface area contributed by atoms with Gasteiger partial charge < -0.3 is 15.2 Å². The van der Waals surface area contributed by atoms with Crippen molar-refractivity contribution in [1.29, 1.82) is 0 Å². The molecule has 7 nitrogen and oxygen atoms in total. The lowest BCUT2D eigenvalue weighted by Crippen LogP contribution is -2.02. The lowest BCUT2D eigenvalue weighted by Gasteiger charge is -2.07. The zero-order valence-corrected chi connectivity index (χ0v) is 10.7. The van der Waals surface area contributed by atoms with Gasteiger partial charge in [-0.3, -0.25) is 15.1 Å². The third-order valence-corrected chi connectivity index (χ3v) is 2.66. The minimum absolute atomic E-state index is 0.0915. The molecule has 1 aromatic heterocycles. The van der Waals surface area contributed by atoms with Crippen LogP contribution in [0.5, 0.6) is 11.5 Å². The van der Waals surface area contributed by atoms with Crippen LogP contribution in [-0.2, 0) is 6.54 Å². The fourth-order valence-corrected chi connectivity index (χ4v) is 1.66. The Balaban J connectivity index is 2.11. The minimum atomic E-state index is -0.497. The summed E-state index contributed by atoms with van der Waals surface area (Å²) in [6.45, 7) is 0.393. The number of nitro benzene ring substituents is 1. The van der Waals surface area contributed by atoms with E-state index in [1.165, 1.54) is 31.5 Å². The Morgan fingerprint density at radius 1 is 1.40 bits per heavy atom. The topological polar surface area (TPSA) is 97.5 Å². The largest absolute Gasteiger partial charge is 0.506 e. The molecule has 1 heterocycles. The number of anilines is 1. The SMILES string of the molecule is COc1ccc(NCc2ccc(O)cn2)cc1[N+](=O)[O-]. The molecular formula is C13H13N3O4. The van der Waals surface area contributed by atoms with Crippen molar-refractivity contribution in [3.63, 3.8) is 0 Å². The van der Waals surface area contributed by atoms with Crippen molar-refractivity contribution in [2.45, 2.75) is 6.54 Å². The van der Waals surface area contributed by atoms with Crippen molar-refractivity contribution in [3.8, 4) is 11.5 Å². The zero-order valence-electron chi connectivity index (χ0n) is 10.7. The predicted octanol–water partition coefficient (Wildman–Crippen LogP) is 2.32. The van der Waals surface area contributed by atoms with Gasteiger partial charge in [0.2, 0.25) is 0 Å². The summed E-state index contributed by atoms with van der Waals surface area (Å²) in [4.78, 5) is 14.4. The maximum absolute atomic E-state index is 10.9. The van der Waals surface area contributed by atoms with Gasteiger partial charge in [-0.1, -0.05) is 0 Å².